The molecule has 1 aromatic heterocycles. The van der Waals surface area contributed by atoms with E-state index in [2.05, 4.69) is 39.6 Å². The van der Waals surface area contributed by atoms with Crippen molar-refractivity contribution in [3.8, 4) is 6.07 Å². The number of aromatic nitrogens is 2. The second-order valence-corrected chi connectivity index (χ2v) is 9.87. The van der Waals surface area contributed by atoms with Gasteiger partial charge in [0.25, 0.3) is 5.91 Å². The van der Waals surface area contributed by atoms with Crippen molar-refractivity contribution in [3.05, 3.63) is 102 Å². The second kappa shape index (κ2) is 11.4. The summed E-state index contributed by atoms with van der Waals surface area (Å²) in [6.07, 6.45) is 7.18. The highest BCUT2D eigenvalue weighted by atomic mass is 16.2. The van der Waals surface area contributed by atoms with E-state index in [-0.39, 0.29) is 5.91 Å². The molecule has 5 rings (SSSR count). The first-order valence-corrected chi connectivity index (χ1v) is 13.2. The molecule has 0 aliphatic carbocycles. The molecule has 1 aliphatic rings. The Labute approximate surface area is 218 Å². The number of hydrogen-bond donors (Lipinski definition) is 0. The summed E-state index contributed by atoms with van der Waals surface area (Å²) in [6.45, 7) is 6.05. The van der Waals surface area contributed by atoms with Crippen LogP contribution in [0.15, 0.2) is 79.3 Å². The third kappa shape index (κ3) is 5.58. The first-order valence-electron chi connectivity index (χ1n) is 13.2. The standard InChI is InChI=1S/C31H33N5O/c1-2-3-9-27-21-35(31(37)30-11-6-8-26-7-4-5-10-29(26)30)17-16-34(27)22-28-19-33-23-36(28)20-25-14-12-24(18-32)13-15-25/h4-8,10-15,19,23,27H,2-3,9,16-17,20-22H2,1H3/t27-/m0/s1. The molecule has 0 N–H and O–H groups in total. The largest absolute Gasteiger partial charge is 0.336 e. The molecule has 6 heteroatoms. The van der Waals surface area contributed by atoms with Crippen molar-refractivity contribution >= 4 is 16.7 Å². The van der Waals surface area contributed by atoms with Crippen molar-refractivity contribution in [2.75, 3.05) is 19.6 Å². The number of benzene rings is 3. The smallest absolute Gasteiger partial charge is 0.254 e. The third-order valence-electron chi connectivity index (χ3n) is 7.40. The molecule has 3 aromatic carbocycles. The van der Waals surface area contributed by atoms with Crippen LogP contribution >= 0.6 is 0 Å². The maximum atomic E-state index is 13.6. The minimum atomic E-state index is 0.129. The number of piperazine rings is 1. The summed E-state index contributed by atoms with van der Waals surface area (Å²) in [6, 6.07) is 24.3. The zero-order valence-electron chi connectivity index (χ0n) is 21.4. The van der Waals surface area contributed by atoms with Gasteiger partial charge in [0.15, 0.2) is 0 Å². The Morgan fingerprint density at radius 3 is 2.65 bits per heavy atom. The highest BCUT2D eigenvalue weighted by molar-refractivity contribution is 6.07. The number of fused-ring (bicyclic) bond motifs is 1. The molecule has 188 valence electrons. The molecule has 37 heavy (non-hydrogen) atoms. The number of carbonyl (C=O) groups excluding carboxylic acids is 1. The van der Waals surface area contributed by atoms with Crippen LogP contribution in [-0.4, -0.2) is 50.9 Å². The van der Waals surface area contributed by atoms with Gasteiger partial charge in [0, 0.05) is 50.5 Å². The van der Waals surface area contributed by atoms with Gasteiger partial charge in [-0.1, -0.05) is 68.3 Å². The van der Waals surface area contributed by atoms with Crippen LogP contribution in [-0.2, 0) is 13.1 Å². The Balaban J connectivity index is 1.31. The average molecular weight is 492 g/mol. The van der Waals surface area contributed by atoms with Crippen LogP contribution in [0.25, 0.3) is 10.8 Å². The lowest BCUT2D eigenvalue weighted by atomic mass is 10.0. The summed E-state index contributed by atoms with van der Waals surface area (Å²) >= 11 is 0. The second-order valence-electron chi connectivity index (χ2n) is 9.87. The number of carbonyl (C=O) groups is 1. The Morgan fingerprint density at radius 1 is 1.03 bits per heavy atom. The van der Waals surface area contributed by atoms with Crippen molar-refractivity contribution in [1.82, 2.24) is 19.4 Å². The minimum Gasteiger partial charge on any atom is -0.336 e. The van der Waals surface area contributed by atoms with E-state index in [1.807, 2.05) is 72.0 Å². The van der Waals surface area contributed by atoms with Gasteiger partial charge in [0.1, 0.15) is 0 Å². The normalized spacial score (nSPS) is 16.1. The van der Waals surface area contributed by atoms with Crippen molar-refractivity contribution in [1.29, 1.82) is 5.26 Å². The molecule has 0 unspecified atom stereocenters. The Kier molecular flexibility index (Phi) is 7.62. The minimum absolute atomic E-state index is 0.129. The molecule has 4 aromatic rings. The third-order valence-corrected chi connectivity index (χ3v) is 7.40. The van der Waals surface area contributed by atoms with E-state index in [4.69, 9.17) is 5.26 Å². The number of nitriles is 1. The highest BCUT2D eigenvalue weighted by Gasteiger charge is 2.30. The van der Waals surface area contributed by atoms with E-state index in [0.29, 0.717) is 18.2 Å². The van der Waals surface area contributed by atoms with Crippen LogP contribution in [0.3, 0.4) is 0 Å². The molecular formula is C31H33N5O. The van der Waals surface area contributed by atoms with Crippen molar-refractivity contribution in [2.45, 2.75) is 45.3 Å². The zero-order chi connectivity index (χ0) is 25.6. The van der Waals surface area contributed by atoms with Crippen molar-refractivity contribution in [2.24, 2.45) is 0 Å². The van der Waals surface area contributed by atoms with E-state index in [9.17, 15) is 4.79 Å². The van der Waals surface area contributed by atoms with Crippen LogP contribution in [0, 0.1) is 11.3 Å². The number of rotatable bonds is 8. The maximum absolute atomic E-state index is 13.6. The quantitative estimate of drug-likeness (QED) is 0.328. The van der Waals surface area contributed by atoms with Crippen LogP contribution in [0.5, 0.6) is 0 Å². The lowest BCUT2D eigenvalue weighted by Crippen LogP contribution is -2.54. The summed E-state index contributed by atoms with van der Waals surface area (Å²) in [5.74, 6) is 0.129. The van der Waals surface area contributed by atoms with Gasteiger partial charge in [-0.05, 0) is 41.0 Å². The van der Waals surface area contributed by atoms with Gasteiger partial charge in [-0.15, -0.1) is 0 Å². The molecule has 1 saturated heterocycles. The van der Waals surface area contributed by atoms with Gasteiger partial charge in [0.05, 0.1) is 23.7 Å². The summed E-state index contributed by atoms with van der Waals surface area (Å²) in [7, 11) is 0. The molecule has 0 spiro atoms. The number of amides is 1. The van der Waals surface area contributed by atoms with Crippen LogP contribution in [0.4, 0.5) is 0 Å². The Hall–Kier alpha value is -3.95. The summed E-state index contributed by atoms with van der Waals surface area (Å²) < 4.78 is 2.19. The van der Waals surface area contributed by atoms with Crippen molar-refractivity contribution in [3.63, 3.8) is 0 Å². The number of nitrogens with zero attached hydrogens (tertiary/aromatic N) is 5. The summed E-state index contributed by atoms with van der Waals surface area (Å²) in [5.41, 5.74) is 3.77. The Morgan fingerprint density at radius 2 is 1.84 bits per heavy atom. The number of unbranched alkanes of at least 4 members (excludes halogenated alkanes) is 1. The predicted octanol–water partition coefficient (Wildman–Crippen LogP) is 5.47. The SMILES string of the molecule is CCCC[C@H]1CN(C(=O)c2cccc3ccccc23)CCN1Cc1cncn1Cc1ccc(C#N)cc1. The monoisotopic (exact) mass is 491 g/mol. The highest BCUT2D eigenvalue weighted by Crippen LogP contribution is 2.24. The van der Waals surface area contributed by atoms with E-state index in [0.717, 1.165) is 67.3 Å². The molecule has 1 atom stereocenters. The first kappa shape index (κ1) is 24.7. The molecule has 0 saturated carbocycles. The van der Waals surface area contributed by atoms with Gasteiger partial charge < -0.3 is 9.47 Å². The van der Waals surface area contributed by atoms with Gasteiger partial charge >= 0.3 is 0 Å². The van der Waals surface area contributed by atoms with E-state index in [1.165, 1.54) is 5.69 Å². The van der Waals surface area contributed by atoms with Crippen LogP contribution in [0.1, 0.15) is 53.4 Å². The number of hydrogen-bond acceptors (Lipinski definition) is 4. The average Bonchev–Trinajstić information content (AvgIpc) is 3.38. The molecule has 2 heterocycles. The van der Waals surface area contributed by atoms with Gasteiger partial charge in [-0.25, -0.2) is 4.98 Å². The topological polar surface area (TPSA) is 65.2 Å². The summed E-state index contributed by atoms with van der Waals surface area (Å²) in [5, 5.41) is 11.2. The molecule has 1 aliphatic heterocycles. The van der Waals surface area contributed by atoms with E-state index in [1.54, 1.807) is 0 Å². The Bertz CT molecular complexity index is 1400. The zero-order valence-corrected chi connectivity index (χ0v) is 21.4. The van der Waals surface area contributed by atoms with Crippen LogP contribution in [0.2, 0.25) is 0 Å². The predicted molar refractivity (Wildman–Crippen MR) is 146 cm³/mol. The molecule has 6 nitrogen and oxygen atoms in total. The van der Waals surface area contributed by atoms with Crippen molar-refractivity contribution < 1.29 is 4.79 Å². The summed E-state index contributed by atoms with van der Waals surface area (Å²) in [4.78, 5) is 22.6. The fourth-order valence-corrected chi connectivity index (χ4v) is 5.29. The maximum Gasteiger partial charge on any atom is 0.254 e. The molecule has 0 radical (unpaired) electrons. The van der Waals surface area contributed by atoms with E-state index >= 15 is 0 Å². The molecular weight excluding hydrogens is 458 g/mol. The molecule has 1 amide bonds. The fourth-order valence-electron chi connectivity index (χ4n) is 5.29. The molecule has 0 bridgehead atoms. The van der Waals surface area contributed by atoms with Gasteiger partial charge in [-0.2, -0.15) is 5.26 Å². The van der Waals surface area contributed by atoms with Gasteiger partial charge in [-0.3, -0.25) is 9.69 Å². The lowest BCUT2D eigenvalue weighted by Gasteiger charge is -2.41. The fraction of sp³-hybridized carbons (Fsp3) is 0.323. The lowest BCUT2D eigenvalue weighted by molar-refractivity contribution is 0.0429. The van der Waals surface area contributed by atoms with Gasteiger partial charge in [0.2, 0.25) is 0 Å². The first-order chi connectivity index (χ1) is 18.2. The molecule has 1 fully saturated rings. The number of imidazole rings is 1. The van der Waals surface area contributed by atoms with Crippen LogP contribution < -0.4 is 0 Å². The van der Waals surface area contributed by atoms with E-state index < -0.39 is 0 Å².